The van der Waals surface area contributed by atoms with Crippen LogP contribution in [0.1, 0.15) is 62.5 Å². The van der Waals surface area contributed by atoms with E-state index in [-0.39, 0.29) is 17.4 Å². The van der Waals surface area contributed by atoms with Gasteiger partial charge in [-0.2, -0.15) is 0 Å². The van der Waals surface area contributed by atoms with Gasteiger partial charge in [0.25, 0.3) is 0 Å². The number of ether oxygens (including phenoxy) is 2. The van der Waals surface area contributed by atoms with Crippen molar-refractivity contribution in [1.82, 2.24) is 20.7 Å². The molecule has 3 heterocycles. The van der Waals surface area contributed by atoms with Crippen molar-refractivity contribution in [1.29, 1.82) is 0 Å². The molecule has 2 aliphatic carbocycles. The highest BCUT2D eigenvalue weighted by Crippen LogP contribution is 2.62. The molecular weight excluding hydrogens is 456 g/mol. The first-order valence-corrected chi connectivity index (χ1v) is 13.8. The molecule has 8 heteroatoms. The van der Waals surface area contributed by atoms with Gasteiger partial charge in [0.1, 0.15) is 6.10 Å². The lowest BCUT2D eigenvalue weighted by Crippen LogP contribution is -2.62. The third kappa shape index (κ3) is 4.08. The Morgan fingerprint density at radius 2 is 2.00 bits per heavy atom. The number of hydrogen-bond donors (Lipinski definition) is 2. The fourth-order valence-corrected chi connectivity index (χ4v) is 7.27. The fraction of sp³-hybridized carbons (Fsp3) is 0.643. The zero-order valence-corrected chi connectivity index (χ0v) is 21.3. The summed E-state index contributed by atoms with van der Waals surface area (Å²) in [6, 6.07) is 4.51. The van der Waals surface area contributed by atoms with Gasteiger partial charge in [-0.3, -0.25) is 10.2 Å². The standard InChI is InChI=1S/C28H38N4O4/c1-31-17-13-28-20-8-6-9-23(28)36-26-22(12-11-19(25(26)28)18-21(20)31)35-27(34)29-14-7-10-24(33)30-32-15-4-2-3-5-16-32/h6,8,11-12,20-21,23H,2-5,7,9-10,13-18H2,1H3,(H,29,34)(H,30,33)/t20?,21?,23-,28+/m0/s1. The first-order chi connectivity index (χ1) is 17.6. The van der Waals surface area contributed by atoms with E-state index in [0.717, 1.165) is 57.5 Å². The zero-order chi connectivity index (χ0) is 24.7. The minimum atomic E-state index is -0.498. The Balaban J connectivity index is 1.06. The maximum absolute atomic E-state index is 12.6. The minimum Gasteiger partial charge on any atom is -0.485 e. The van der Waals surface area contributed by atoms with Gasteiger partial charge in [-0.25, -0.2) is 9.80 Å². The van der Waals surface area contributed by atoms with Crippen molar-refractivity contribution in [2.24, 2.45) is 5.92 Å². The van der Waals surface area contributed by atoms with Crippen LogP contribution in [0, 0.1) is 5.92 Å². The summed E-state index contributed by atoms with van der Waals surface area (Å²) in [5, 5.41) is 4.84. The summed E-state index contributed by atoms with van der Waals surface area (Å²) < 4.78 is 12.3. The highest BCUT2D eigenvalue weighted by atomic mass is 16.6. The number of amides is 2. The zero-order valence-electron chi connectivity index (χ0n) is 21.3. The van der Waals surface area contributed by atoms with Crippen LogP contribution in [0.4, 0.5) is 4.79 Å². The topological polar surface area (TPSA) is 83.1 Å². The highest BCUT2D eigenvalue weighted by Gasteiger charge is 2.62. The number of piperidine rings is 1. The Morgan fingerprint density at radius 1 is 1.17 bits per heavy atom. The molecule has 8 nitrogen and oxygen atoms in total. The molecule has 0 radical (unpaired) electrons. The second-order valence-electron chi connectivity index (χ2n) is 11.1. The van der Waals surface area contributed by atoms with Crippen LogP contribution in [-0.4, -0.2) is 67.3 Å². The summed E-state index contributed by atoms with van der Waals surface area (Å²) in [6.07, 6.45) is 12.9. The fourth-order valence-electron chi connectivity index (χ4n) is 7.27. The molecule has 194 valence electrons. The Kier molecular flexibility index (Phi) is 6.42. The van der Waals surface area contributed by atoms with E-state index < -0.39 is 6.09 Å². The second kappa shape index (κ2) is 9.71. The van der Waals surface area contributed by atoms with Crippen molar-refractivity contribution in [2.45, 2.75) is 75.3 Å². The van der Waals surface area contributed by atoms with E-state index in [1.807, 2.05) is 11.1 Å². The Morgan fingerprint density at radius 3 is 2.83 bits per heavy atom. The summed E-state index contributed by atoms with van der Waals surface area (Å²) in [7, 11) is 2.23. The van der Waals surface area contributed by atoms with E-state index in [9.17, 15) is 9.59 Å². The molecule has 2 bridgehead atoms. The van der Waals surface area contributed by atoms with Crippen LogP contribution in [0.5, 0.6) is 11.5 Å². The molecule has 1 spiro atoms. The quantitative estimate of drug-likeness (QED) is 0.467. The maximum Gasteiger partial charge on any atom is 0.412 e. The van der Waals surface area contributed by atoms with Crippen LogP contribution in [-0.2, 0) is 16.6 Å². The van der Waals surface area contributed by atoms with E-state index in [4.69, 9.17) is 9.47 Å². The third-order valence-corrected chi connectivity index (χ3v) is 9.03. The number of rotatable bonds is 6. The third-order valence-electron chi connectivity index (χ3n) is 9.03. The molecular formula is C28H38N4O4. The summed E-state index contributed by atoms with van der Waals surface area (Å²) >= 11 is 0. The van der Waals surface area contributed by atoms with Gasteiger partial charge in [-0.15, -0.1) is 0 Å². The van der Waals surface area contributed by atoms with Gasteiger partial charge in [0, 0.05) is 55.4 Å². The molecule has 2 amide bonds. The van der Waals surface area contributed by atoms with Crippen molar-refractivity contribution >= 4 is 12.0 Å². The SMILES string of the molecule is CN1CC[C@]23c4c5ccc(OC(=O)NCCCC(=O)NN6CCCCCC6)c4O[C@H]2CC=CC3C1C5. The minimum absolute atomic E-state index is 0.00443. The number of benzene rings is 1. The second-order valence-corrected chi connectivity index (χ2v) is 11.1. The molecule has 4 atom stereocenters. The predicted octanol–water partition coefficient (Wildman–Crippen LogP) is 3.30. The van der Waals surface area contributed by atoms with Crippen LogP contribution >= 0.6 is 0 Å². The number of hydrogen-bond acceptors (Lipinski definition) is 6. The van der Waals surface area contributed by atoms with Gasteiger partial charge in [0.15, 0.2) is 11.5 Å². The summed E-state index contributed by atoms with van der Waals surface area (Å²) in [5.74, 6) is 1.71. The first kappa shape index (κ1) is 23.8. The van der Waals surface area contributed by atoms with Crippen LogP contribution in [0.25, 0.3) is 0 Å². The Labute approximate surface area is 213 Å². The maximum atomic E-state index is 12.6. The molecule has 36 heavy (non-hydrogen) atoms. The summed E-state index contributed by atoms with van der Waals surface area (Å²) in [5.41, 5.74) is 5.60. The Bertz CT molecular complexity index is 1050. The molecule has 6 rings (SSSR count). The van der Waals surface area contributed by atoms with Crippen molar-refractivity contribution in [3.63, 3.8) is 0 Å². The van der Waals surface area contributed by atoms with Crippen molar-refractivity contribution in [3.8, 4) is 11.5 Å². The molecule has 1 aromatic carbocycles. The van der Waals surface area contributed by atoms with Crippen LogP contribution in [0.15, 0.2) is 24.3 Å². The number of carbonyl (C=O) groups excluding carboxylic acids is 2. The number of carbonyl (C=O) groups is 2. The van der Waals surface area contributed by atoms with Crippen LogP contribution < -0.4 is 20.2 Å². The van der Waals surface area contributed by atoms with Gasteiger partial charge in [0.2, 0.25) is 5.91 Å². The normalized spacial score (nSPS) is 30.6. The van der Waals surface area contributed by atoms with E-state index in [2.05, 4.69) is 40.9 Å². The van der Waals surface area contributed by atoms with Crippen LogP contribution in [0.3, 0.4) is 0 Å². The monoisotopic (exact) mass is 494 g/mol. The van der Waals surface area contributed by atoms with Gasteiger partial charge < -0.3 is 19.7 Å². The predicted molar refractivity (Wildman–Crippen MR) is 136 cm³/mol. The van der Waals surface area contributed by atoms with Crippen molar-refractivity contribution < 1.29 is 19.1 Å². The average Bonchev–Trinajstić information content (AvgIpc) is 3.01. The molecule has 5 aliphatic rings. The summed E-state index contributed by atoms with van der Waals surface area (Å²) in [4.78, 5) is 27.4. The number of nitrogens with one attached hydrogen (secondary N) is 2. The lowest BCUT2D eigenvalue weighted by Gasteiger charge is -2.55. The van der Waals surface area contributed by atoms with E-state index in [0.29, 0.717) is 37.1 Å². The Hall–Kier alpha value is -2.58. The average molecular weight is 495 g/mol. The van der Waals surface area contributed by atoms with Gasteiger partial charge in [0.05, 0.1) is 0 Å². The van der Waals surface area contributed by atoms with Gasteiger partial charge in [-0.1, -0.05) is 31.1 Å². The highest BCUT2D eigenvalue weighted by molar-refractivity contribution is 5.76. The van der Waals surface area contributed by atoms with E-state index >= 15 is 0 Å². The van der Waals surface area contributed by atoms with Gasteiger partial charge >= 0.3 is 6.09 Å². The number of likely N-dealkylation sites (N-methyl/N-ethyl adjacent to an activating group) is 1. The lowest BCUT2D eigenvalue weighted by molar-refractivity contribution is -0.126. The number of nitrogens with zero attached hydrogens (tertiary/aromatic N) is 2. The van der Waals surface area contributed by atoms with Crippen molar-refractivity contribution in [3.05, 3.63) is 35.4 Å². The van der Waals surface area contributed by atoms with E-state index in [1.54, 1.807) is 0 Å². The molecule has 1 aromatic rings. The molecule has 2 fully saturated rings. The molecule has 3 aliphatic heterocycles. The molecule has 0 aromatic heterocycles. The number of likely N-dealkylation sites (tertiary alicyclic amines) is 1. The molecule has 2 unspecified atom stereocenters. The van der Waals surface area contributed by atoms with E-state index in [1.165, 1.54) is 24.0 Å². The van der Waals surface area contributed by atoms with Crippen LogP contribution in [0.2, 0.25) is 0 Å². The van der Waals surface area contributed by atoms with Gasteiger partial charge in [-0.05, 0) is 57.3 Å². The number of hydrazine groups is 1. The summed E-state index contributed by atoms with van der Waals surface area (Å²) in [6.45, 7) is 3.28. The molecule has 0 saturated carbocycles. The lowest BCUT2D eigenvalue weighted by atomic mass is 9.54. The smallest absolute Gasteiger partial charge is 0.412 e. The largest absolute Gasteiger partial charge is 0.485 e. The molecule has 2 N–H and O–H groups in total. The first-order valence-electron chi connectivity index (χ1n) is 13.8. The molecule has 2 saturated heterocycles. The van der Waals surface area contributed by atoms with Crippen molar-refractivity contribution in [2.75, 3.05) is 33.2 Å².